The Labute approximate surface area is 176 Å². The molecular formula is C20H30N4O2S2. The summed E-state index contributed by atoms with van der Waals surface area (Å²) in [7, 11) is 5.56. The second-order valence-corrected chi connectivity index (χ2v) is 9.33. The standard InChI is InChI=1S/C20H30N4O2S2/c1-24-12-5-4-6-16(24)10-13-27-20-23-22-19(28-20)21-11-9-15-7-8-17(25-2)18(14-15)26-3/h7-8,14,16H,4-6,9-13H2,1-3H3,(H,21,22). The molecule has 2 heterocycles. The summed E-state index contributed by atoms with van der Waals surface area (Å²) >= 11 is 3.46. The van der Waals surface area contributed by atoms with Gasteiger partial charge in [0.05, 0.1) is 14.2 Å². The summed E-state index contributed by atoms with van der Waals surface area (Å²) < 4.78 is 11.7. The summed E-state index contributed by atoms with van der Waals surface area (Å²) in [6.07, 6.45) is 6.15. The largest absolute Gasteiger partial charge is 0.493 e. The number of ether oxygens (including phenoxy) is 2. The number of methoxy groups -OCH3 is 2. The topological polar surface area (TPSA) is 59.5 Å². The van der Waals surface area contributed by atoms with Gasteiger partial charge >= 0.3 is 0 Å². The molecule has 1 aliphatic heterocycles. The van der Waals surface area contributed by atoms with Crippen LogP contribution in [-0.4, -0.2) is 61.2 Å². The number of hydrogen-bond donors (Lipinski definition) is 1. The van der Waals surface area contributed by atoms with Crippen molar-refractivity contribution in [3.8, 4) is 11.5 Å². The van der Waals surface area contributed by atoms with E-state index in [0.717, 1.165) is 45.7 Å². The molecule has 2 aromatic rings. The van der Waals surface area contributed by atoms with Crippen LogP contribution in [0.15, 0.2) is 22.5 Å². The third-order valence-electron chi connectivity index (χ3n) is 5.14. The van der Waals surface area contributed by atoms with Crippen molar-refractivity contribution in [2.75, 3.05) is 45.4 Å². The highest BCUT2D eigenvalue weighted by atomic mass is 32.2. The van der Waals surface area contributed by atoms with E-state index in [1.54, 1.807) is 25.6 Å². The normalized spacial score (nSPS) is 17.5. The first-order valence-electron chi connectivity index (χ1n) is 9.81. The van der Waals surface area contributed by atoms with E-state index in [1.807, 2.05) is 23.9 Å². The van der Waals surface area contributed by atoms with Gasteiger partial charge in [-0.1, -0.05) is 35.6 Å². The summed E-state index contributed by atoms with van der Waals surface area (Å²) in [4.78, 5) is 2.51. The molecule has 0 aliphatic carbocycles. The van der Waals surface area contributed by atoms with Gasteiger partial charge in [0.25, 0.3) is 0 Å². The van der Waals surface area contributed by atoms with E-state index in [0.29, 0.717) is 0 Å². The van der Waals surface area contributed by atoms with Crippen molar-refractivity contribution in [3.05, 3.63) is 23.8 Å². The van der Waals surface area contributed by atoms with Gasteiger partial charge in [0.1, 0.15) is 0 Å². The van der Waals surface area contributed by atoms with Crippen LogP contribution in [0.1, 0.15) is 31.2 Å². The molecule has 1 saturated heterocycles. The third-order valence-corrected chi connectivity index (χ3v) is 7.19. The van der Waals surface area contributed by atoms with Crippen LogP contribution in [0, 0.1) is 0 Å². The molecule has 0 saturated carbocycles. The van der Waals surface area contributed by atoms with Gasteiger partial charge in [-0.25, -0.2) is 0 Å². The molecule has 1 aliphatic rings. The van der Waals surface area contributed by atoms with Crippen LogP contribution >= 0.6 is 23.1 Å². The Morgan fingerprint density at radius 2 is 2.07 bits per heavy atom. The molecule has 0 bridgehead atoms. The Morgan fingerprint density at radius 1 is 1.21 bits per heavy atom. The van der Waals surface area contributed by atoms with E-state index in [4.69, 9.17) is 9.47 Å². The van der Waals surface area contributed by atoms with Crippen molar-refractivity contribution < 1.29 is 9.47 Å². The first-order valence-corrected chi connectivity index (χ1v) is 11.6. The molecule has 1 fully saturated rings. The monoisotopic (exact) mass is 422 g/mol. The minimum atomic E-state index is 0.730. The Kier molecular flexibility index (Phi) is 8.24. The maximum Gasteiger partial charge on any atom is 0.206 e. The van der Waals surface area contributed by atoms with Gasteiger partial charge in [-0.15, -0.1) is 10.2 Å². The van der Waals surface area contributed by atoms with Gasteiger partial charge in [0.15, 0.2) is 15.8 Å². The number of anilines is 1. The van der Waals surface area contributed by atoms with Gasteiger partial charge < -0.3 is 19.7 Å². The second-order valence-electron chi connectivity index (χ2n) is 7.01. The van der Waals surface area contributed by atoms with E-state index in [-0.39, 0.29) is 0 Å². The lowest BCUT2D eigenvalue weighted by molar-refractivity contribution is 0.182. The van der Waals surface area contributed by atoms with Crippen LogP contribution in [-0.2, 0) is 6.42 Å². The molecule has 0 spiro atoms. The van der Waals surface area contributed by atoms with Gasteiger partial charge in [-0.2, -0.15) is 0 Å². The number of nitrogens with one attached hydrogen (secondary N) is 1. The van der Waals surface area contributed by atoms with Gasteiger partial charge in [0.2, 0.25) is 5.13 Å². The maximum atomic E-state index is 5.36. The number of rotatable bonds is 10. The quantitative estimate of drug-likeness (QED) is 0.577. The molecule has 1 unspecified atom stereocenters. The minimum Gasteiger partial charge on any atom is -0.493 e. The molecular weight excluding hydrogens is 392 g/mol. The summed E-state index contributed by atoms with van der Waals surface area (Å²) in [6, 6.07) is 6.75. The summed E-state index contributed by atoms with van der Waals surface area (Å²) in [5.41, 5.74) is 1.20. The Hall–Kier alpha value is -1.51. The third kappa shape index (κ3) is 5.99. The fourth-order valence-electron chi connectivity index (χ4n) is 3.48. The van der Waals surface area contributed by atoms with E-state index in [9.17, 15) is 0 Å². The van der Waals surface area contributed by atoms with Crippen molar-refractivity contribution in [3.63, 3.8) is 0 Å². The molecule has 1 aromatic carbocycles. The number of thioether (sulfide) groups is 1. The van der Waals surface area contributed by atoms with Crippen LogP contribution in [0.4, 0.5) is 5.13 Å². The Balaban J connectivity index is 1.40. The molecule has 1 atom stereocenters. The average molecular weight is 423 g/mol. The smallest absolute Gasteiger partial charge is 0.206 e. The van der Waals surface area contributed by atoms with Crippen LogP contribution in [0.5, 0.6) is 11.5 Å². The predicted molar refractivity (Wildman–Crippen MR) is 117 cm³/mol. The number of hydrogen-bond acceptors (Lipinski definition) is 8. The minimum absolute atomic E-state index is 0.730. The van der Waals surface area contributed by atoms with Gasteiger partial charge in [-0.3, -0.25) is 0 Å². The zero-order chi connectivity index (χ0) is 19.8. The summed E-state index contributed by atoms with van der Waals surface area (Å²) in [5, 5.41) is 12.8. The van der Waals surface area contributed by atoms with Crippen LogP contribution in [0.2, 0.25) is 0 Å². The fourth-order valence-corrected chi connectivity index (χ4v) is 5.37. The Bertz CT molecular complexity index is 741. The highest BCUT2D eigenvalue weighted by molar-refractivity contribution is 8.01. The van der Waals surface area contributed by atoms with Crippen LogP contribution in [0.25, 0.3) is 0 Å². The van der Waals surface area contributed by atoms with Crippen molar-refractivity contribution in [1.82, 2.24) is 15.1 Å². The van der Waals surface area contributed by atoms with Crippen LogP contribution < -0.4 is 14.8 Å². The SMILES string of the molecule is COc1ccc(CCNc2nnc(SCCC3CCCCN3C)s2)cc1OC. The number of likely N-dealkylation sites (tertiary alicyclic amines) is 1. The molecule has 154 valence electrons. The highest BCUT2D eigenvalue weighted by Crippen LogP contribution is 2.29. The average Bonchev–Trinajstić information content (AvgIpc) is 3.17. The fraction of sp³-hybridized carbons (Fsp3) is 0.600. The maximum absolute atomic E-state index is 5.36. The summed E-state index contributed by atoms with van der Waals surface area (Å²) in [5.74, 6) is 2.62. The summed E-state index contributed by atoms with van der Waals surface area (Å²) in [6.45, 7) is 2.05. The molecule has 1 aromatic heterocycles. The number of piperidine rings is 1. The van der Waals surface area contributed by atoms with Gasteiger partial charge in [0, 0.05) is 18.3 Å². The molecule has 1 N–H and O–H groups in total. The van der Waals surface area contributed by atoms with E-state index >= 15 is 0 Å². The first-order chi connectivity index (χ1) is 13.7. The molecule has 0 radical (unpaired) electrons. The molecule has 3 rings (SSSR count). The van der Waals surface area contributed by atoms with Gasteiger partial charge in [-0.05, 0) is 57.0 Å². The number of nitrogens with zero attached hydrogens (tertiary/aromatic N) is 3. The van der Waals surface area contributed by atoms with E-state index in [2.05, 4.69) is 33.5 Å². The number of benzene rings is 1. The van der Waals surface area contributed by atoms with Crippen LogP contribution in [0.3, 0.4) is 0 Å². The van der Waals surface area contributed by atoms with Crippen molar-refractivity contribution in [1.29, 1.82) is 0 Å². The lowest BCUT2D eigenvalue weighted by Gasteiger charge is -2.32. The molecule has 0 amide bonds. The van der Waals surface area contributed by atoms with Crippen molar-refractivity contribution >= 4 is 28.2 Å². The molecule has 8 heteroatoms. The zero-order valence-corrected chi connectivity index (χ0v) is 18.6. The lowest BCUT2D eigenvalue weighted by atomic mass is 10.0. The second kappa shape index (κ2) is 10.9. The first kappa shape index (κ1) is 21.2. The van der Waals surface area contributed by atoms with E-state index in [1.165, 1.54) is 37.8 Å². The van der Waals surface area contributed by atoms with Crippen molar-refractivity contribution in [2.45, 2.75) is 42.5 Å². The highest BCUT2D eigenvalue weighted by Gasteiger charge is 2.18. The molecule has 28 heavy (non-hydrogen) atoms. The van der Waals surface area contributed by atoms with E-state index < -0.39 is 0 Å². The number of aromatic nitrogens is 2. The van der Waals surface area contributed by atoms with Crippen molar-refractivity contribution in [2.24, 2.45) is 0 Å². The lowest BCUT2D eigenvalue weighted by Crippen LogP contribution is -2.36. The zero-order valence-electron chi connectivity index (χ0n) is 16.9. The molecule has 6 nitrogen and oxygen atoms in total. The predicted octanol–water partition coefficient (Wildman–Crippen LogP) is 4.18. The Morgan fingerprint density at radius 3 is 2.86 bits per heavy atom.